The van der Waals surface area contributed by atoms with Gasteiger partial charge < -0.3 is 9.64 Å². The van der Waals surface area contributed by atoms with Gasteiger partial charge in [-0.3, -0.25) is 4.79 Å². The Morgan fingerprint density at radius 1 is 1.46 bits per heavy atom. The van der Waals surface area contributed by atoms with Gasteiger partial charge in [-0.25, -0.2) is 4.39 Å². The van der Waals surface area contributed by atoms with Gasteiger partial charge >= 0.3 is 5.97 Å². The van der Waals surface area contributed by atoms with Crippen LogP contribution in [0.4, 0.5) is 4.39 Å². The van der Waals surface area contributed by atoms with Crippen molar-refractivity contribution < 1.29 is 13.9 Å². The van der Waals surface area contributed by atoms with Crippen LogP contribution in [0.1, 0.15) is 12.8 Å². The minimum absolute atomic E-state index is 0.414. The van der Waals surface area contributed by atoms with Gasteiger partial charge in [-0.1, -0.05) is 0 Å². The Labute approximate surface area is 77.9 Å². The van der Waals surface area contributed by atoms with Gasteiger partial charge in [-0.2, -0.15) is 0 Å². The summed E-state index contributed by atoms with van der Waals surface area (Å²) in [7, 11) is 3.25. The third-order valence-corrected chi connectivity index (χ3v) is 2.55. The number of ether oxygens (including phenoxy) is 1. The van der Waals surface area contributed by atoms with Gasteiger partial charge in [0.1, 0.15) is 6.17 Å². The van der Waals surface area contributed by atoms with Crippen molar-refractivity contribution in [2.45, 2.75) is 19.0 Å². The van der Waals surface area contributed by atoms with E-state index in [9.17, 15) is 9.18 Å². The second-order valence-corrected chi connectivity index (χ2v) is 3.53. The van der Waals surface area contributed by atoms with Crippen LogP contribution in [0.2, 0.25) is 0 Å². The summed E-state index contributed by atoms with van der Waals surface area (Å²) in [6, 6.07) is 0. The van der Waals surface area contributed by atoms with Crippen LogP contribution in [0.3, 0.4) is 0 Å². The minimum Gasteiger partial charge on any atom is -0.469 e. The lowest BCUT2D eigenvalue weighted by Gasteiger charge is -2.14. The molecular weight excluding hydrogens is 173 g/mol. The molecule has 1 fully saturated rings. The zero-order valence-electron chi connectivity index (χ0n) is 8.12. The molecule has 4 heteroatoms. The quantitative estimate of drug-likeness (QED) is 0.572. The van der Waals surface area contributed by atoms with Crippen molar-refractivity contribution in [3.63, 3.8) is 0 Å². The standard InChI is InChI=1S/C9H16FNO2/c1-11-5-3-7(9(12)13-2)8(10)4-6-11/h7-8H,3-6H2,1-2H3. The van der Waals surface area contributed by atoms with Crippen molar-refractivity contribution in [1.29, 1.82) is 0 Å². The van der Waals surface area contributed by atoms with Gasteiger partial charge in [0.2, 0.25) is 0 Å². The molecule has 0 N–H and O–H groups in total. The Balaban J connectivity index is 2.56. The molecule has 76 valence electrons. The molecule has 13 heavy (non-hydrogen) atoms. The number of rotatable bonds is 1. The highest BCUT2D eigenvalue weighted by Crippen LogP contribution is 2.21. The maximum absolute atomic E-state index is 13.4. The molecule has 1 heterocycles. The molecule has 1 saturated heterocycles. The van der Waals surface area contributed by atoms with Crippen LogP contribution >= 0.6 is 0 Å². The number of nitrogens with zero attached hydrogens (tertiary/aromatic N) is 1. The summed E-state index contributed by atoms with van der Waals surface area (Å²) in [6.07, 6.45) is -0.0574. The van der Waals surface area contributed by atoms with Crippen molar-refractivity contribution >= 4 is 5.97 Å². The van der Waals surface area contributed by atoms with Crippen molar-refractivity contribution in [2.75, 3.05) is 27.2 Å². The molecule has 0 saturated carbocycles. The third kappa shape index (κ3) is 2.66. The smallest absolute Gasteiger partial charge is 0.311 e. The molecule has 0 aromatic carbocycles. The molecule has 0 amide bonds. The lowest BCUT2D eigenvalue weighted by Crippen LogP contribution is -2.26. The predicted molar refractivity (Wildman–Crippen MR) is 47.1 cm³/mol. The second kappa shape index (κ2) is 4.56. The van der Waals surface area contributed by atoms with Crippen molar-refractivity contribution in [3.05, 3.63) is 0 Å². The largest absolute Gasteiger partial charge is 0.469 e. The van der Waals surface area contributed by atoms with Gasteiger partial charge in [0.15, 0.2) is 0 Å². The van der Waals surface area contributed by atoms with E-state index in [1.807, 2.05) is 11.9 Å². The van der Waals surface area contributed by atoms with Gasteiger partial charge in [0.05, 0.1) is 13.0 Å². The van der Waals surface area contributed by atoms with Gasteiger partial charge in [-0.15, -0.1) is 0 Å². The molecule has 0 aromatic heterocycles. The van der Waals surface area contributed by atoms with E-state index < -0.39 is 18.1 Å². The zero-order valence-corrected chi connectivity index (χ0v) is 8.12. The number of likely N-dealkylation sites (tertiary alicyclic amines) is 1. The molecule has 0 aromatic rings. The molecule has 1 aliphatic heterocycles. The fourth-order valence-electron chi connectivity index (χ4n) is 1.61. The van der Waals surface area contributed by atoms with Gasteiger partial charge in [0, 0.05) is 6.54 Å². The van der Waals surface area contributed by atoms with E-state index in [0.29, 0.717) is 19.4 Å². The number of halogens is 1. The highest BCUT2D eigenvalue weighted by molar-refractivity contribution is 5.73. The minimum atomic E-state index is -1.04. The number of alkyl halides is 1. The van der Waals surface area contributed by atoms with Gasteiger partial charge in [0.25, 0.3) is 0 Å². The van der Waals surface area contributed by atoms with E-state index in [1.165, 1.54) is 7.11 Å². The average Bonchev–Trinajstić information content (AvgIpc) is 2.28. The van der Waals surface area contributed by atoms with E-state index in [1.54, 1.807) is 0 Å². The van der Waals surface area contributed by atoms with Crippen LogP contribution in [0.25, 0.3) is 0 Å². The lowest BCUT2D eigenvalue weighted by molar-refractivity contribution is -0.147. The first-order chi connectivity index (χ1) is 6.15. The summed E-state index contributed by atoms with van der Waals surface area (Å²) < 4.78 is 17.9. The number of esters is 1. The van der Waals surface area contributed by atoms with E-state index in [0.717, 1.165) is 6.54 Å². The van der Waals surface area contributed by atoms with Crippen LogP contribution in [0.5, 0.6) is 0 Å². The molecule has 2 unspecified atom stereocenters. The maximum Gasteiger partial charge on any atom is 0.311 e. The number of carbonyl (C=O) groups excluding carboxylic acids is 1. The van der Waals surface area contributed by atoms with Crippen LogP contribution in [0, 0.1) is 5.92 Å². The first-order valence-corrected chi connectivity index (χ1v) is 4.55. The molecule has 0 radical (unpaired) electrons. The number of hydrogen-bond acceptors (Lipinski definition) is 3. The monoisotopic (exact) mass is 189 g/mol. The summed E-state index contributed by atoms with van der Waals surface area (Å²) in [5, 5.41) is 0. The molecule has 1 rings (SSSR count). The van der Waals surface area contributed by atoms with E-state index in [-0.39, 0.29) is 0 Å². The zero-order chi connectivity index (χ0) is 9.84. The molecular formula is C9H16FNO2. The third-order valence-electron chi connectivity index (χ3n) is 2.55. The van der Waals surface area contributed by atoms with Crippen molar-refractivity contribution in [3.8, 4) is 0 Å². The molecule has 0 bridgehead atoms. The van der Waals surface area contributed by atoms with Crippen molar-refractivity contribution in [2.24, 2.45) is 5.92 Å². The van der Waals surface area contributed by atoms with Crippen LogP contribution < -0.4 is 0 Å². The molecule has 3 nitrogen and oxygen atoms in total. The number of carbonyl (C=O) groups is 1. The Kier molecular flexibility index (Phi) is 3.66. The first kappa shape index (κ1) is 10.4. The van der Waals surface area contributed by atoms with Crippen molar-refractivity contribution in [1.82, 2.24) is 4.90 Å². The molecule has 2 atom stereocenters. The molecule has 0 spiro atoms. The summed E-state index contributed by atoms with van der Waals surface area (Å²) in [6.45, 7) is 1.48. The summed E-state index contributed by atoms with van der Waals surface area (Å²) in [5.74, 6) is -0.974. The highest BCUT2D eigenvalue weighted by atomic mass is 19.1. The van der Waals surface area contributed by atoms with E-state index >= 15 is 0 Å². The second-order valence-electron chi connectivity index (χ2n) is 3.53. The first-order valence-electron chi connectivity index (χ1n) is 4.55. The Bertz CT molecular complexity index is 186. The van der Waals surface area contributed by atoms with Crippen LogP contribution in [-0.4, -0.2) is 44.3 Å². The summed E-state index contributed by atoms with van der Waals surface area (Å²) >= 11 is 0. The fourth-order valence-corrected chi connectivity index (χ4v) is 1.61. The molecule has 0 aliphatic carbocycles. The average molecular weight is 189 g/mol. The normalized spacial score (nSPS) is 31.0. The maximum atomic E-state index is 13.4. The topological polar surface area (TPSA) is 29.5 Å². The fraction of sp³-hybridized carbons (Fsp3) is 0.889. The number of hydrogen-bond donors (Lipinski definition) is 0. The summed E-state index contributed by atoms with van der Waals surface area (Å²) in [4.78, 5) is 13.2. The Morgan fingerprint density at radius 3 is 2.69 bits per heavy atom. The highest BCUT2D eigenvalue weighted by Gasteiger charge is 2.31. The van der Waals surface area contributed by atoms with Crippen LogP contribution in [0.15, 0.2) is 0 Å². The Hall–Kier alpha value is -0.640. The Morgan fingerprint density at radius 2 is 2.08 bits per heavy atom. The predicted octanol–water partition coefficient (Wildman–Crippen LogP) is 0.839. The number of methoxy groups -OCH3 is 1. The molecule has 1 aliphatic rings. The SMILES string of the molecule is COC(=O)C1CCN(C)CCC1F. The van der Waals surface area contributed by atoms with E-state index in [4.69, 9.17) is 0 Å². The van der Waals surface area contributed by atoms with E-state index in [2.05, 4.69) is 4.74 Å². The van der Waals surface area contributed by atoms with Crippen LogP contribution in [-0.2, 0) is 9.53 Å². The lowest BCUT2D eigenvalue weighted by atomic mass is 9.99. The van der Waals surface area contributed by atoms with Gasteiger partial charge in [-0.05, 0) is 26.4 Å². The summed E-state index contributed by atoms with van der Waals surface area (Å²) in [5.41, 5.74) is 0.